The Kier molecular flexibility index (Phi) is 5.31. The van der Waals surface area contributed by atoms with Crippen LogP contribution in [-0.4, -0.2) is 41.3 Å². The van der Waals surface area contributed by atoms with Crippen molar-refractivity contribution < 1.29 is 19.4 Å². The highest BCUT2D eigenvalue weighted by atomic mass is 16.6. The number of likely N-dealkylation sites (tertiary alicyclic amines) is 1. The highest BCUT2D eigenvalue weighted by Gasteiger charge is 2.41. The van der Waals surface area contributed by atoms with Crippen LogP contribution in [0, 0.1) is 11.3 Å². The number of aliphatic carboxylic acids is 1. The van der Waals surface area contributed by atoms with Crippen LogP contribution in [0.4, 0.5) is 4.79 Å². The van der Waals surface area contributed by atoms with Crippen molar-refractivity contribution in [3.05, 3.63) is 59.7 Å². The van der Waals surface area contributed by atoms with Crippen molar-refractivity contribution >= 4 is 12.1 Å². The summed E-state index contributed by atoms with van der Waals surface area (Å²) in [5, 5.41) is 9.73. The number of carboxylic acid groups (broad SMARTS) is 1. The van der Waals surface area contributed by atoms with Gasteiger partial charge in [-0.25, -0.2) is 9.59 Å². The fourth-order valence-electron chi connectivity index (χ4n) is 4.88. The lowest BCUT2D eigenvalue weighted by atomic mass is 9.73. The van der Waals surface area contributed by atoms with Gasteiger partial charge in [-0.05, 0) is 46.4 Å². The standard InChI is InChI=1S/C25H29NO4/c1-25(2,3)16-12-13-26(22(14-16)23(27)28)24(29)30-15-21-19-10-6-4-8-17(19)18-9-5-7-11-20(18)21/h4-11,16,21-22H,12-15H2,1-3H3,(H,27,28)/t16-,22+/m1/s1. The maximum atomic E-state index is 12.9. The first-order chi connectivity index (χ1) is 14.3. The Morgan fingerprint density at radius 2 is 1.60 bits per heavy atom. The van der Waals surface area contributed by atoms with Gasteiger partial charge in [-0.3, -0.25) is 4.90 Å². The summed E-state index contributed by atoms with van der Waals surface area (Å²) < 4.78 is 5.70. The third-order valence-corrected chi connectivity index (χ3v) is 6.68. The van der Waals surface area contributed by atoms with E-state index in [9.17, 15) is 14.7 Å². The average molecular weight is 408 g/mol. The monoisotopic (exact) mass is 407 g/mol. The minimum Gasteiger partial charge on any atom is -0.480 e. The minimum atomic E-state index is -0.961. The van der Waals surface area contributed by atoms with Gasteiger partial charge >= 0.3 is 12.1 Å². The number of carbonyl (C=O) groups excluding carboxylic acids is 1. The van der Waals surface area contributed by atoms with Gasteiger partial charge in [0.15, 0.2) is 0 Å². The average Bonchev–Trinajstić information content (AvgIpc) is 3.04. The molecule has 2 aromatic rings. The van der Waals surface area contributed by atoms with Crippen molar-refractivity contribution in [3.8, 4) is 11.1 Å². The van der Waals surface area contributed by atoms with E-state index in [0.29, 0.717) is 13.0 Å². The molecule has 1 aliphatic carbocycles. The summed E-state index contributed by atoms with van der Waals surface area (Å²) in [6, 6.07) is 15.5. The number of benzene rings is 2. The number of piperidine rings is 1. The normalized spacial score (nSPS) is 21.1. The zero-order chi connectivity index (χ0) is 21.5. The molecule has 1 heterocycles. The molecule has 0 saturated carbocycles. The van der Waals surface area contributed by atoms with E-state index in [2.05, 4.69) is 45.0 Å². The summed E-state index contributed by atoms with van der Waals surface area (Å²) in [6.45, 7) is 6.99. The molecule has 0 aromatic heterocycles. The van der Waals surface area contributed by atoms with Crippen LogP contribution in [0.2, 0.25) is 0 Å². The third kappa shape index (κ3) is 3.69. The molecule has 1 N–H and O–H groups in total. The molecule has 2 atom stereocenters. The van der Waals surface area contributed by atoms with Crippen molar-refractivity contribution in [1.29, 1.82) is 0 Å². The molecule has 5 heteroatoms. The molecule has 1 aliphatic heterocycles. The minimum absolute atomic E-state index is 0.0148. The molecule has 158 valence electrons. The molecule has 0 radical (unpaired) electrons. The molecule has 4 rings (SSSR count). The molecule has 1 saturated heterocycles. The number of hydrogen-bond donors (Lipinski definition) is 1. The van der Waals surface area contributed by atoms with Gasteiger partial charge in [0.1, 0.15) is 12.6 Å². The third-order valence-electron chi connectivity index (χ3n) is 6.68. The van der Waals surface area contributed by atoms with Gasteiger partial charge in [0.05, 0.1) is 0 Å². The number of fused-ring (bicyclic) bond motifs is 3. The number of amides is 1. The van der Waals surface area contributed by atoms with Gasteiger partial charge in [-0.15, -0.1) is 0 Å². The summed E-state index contributed by atoms with van der Waals surface area (Å²) in [5.74, 6) is -0.731. The maximum absolute atomic E-state index is 12.9. The number of carboxylic acids is 1. The highest BCUT2D eigenvalue weighted by molar-refractivity contribution is 5.81. The van der Waals surface area contributed by atoms with E-state index in [1.165, 1.54) is 16.0 Å². The zero-order valence-corrected chi connectivity index (χ0v) is 17.8. The molecule has 2 aliphatic rings. The van der Waals surface area contributed by atoms with Crippen LogP contribution < -0.4 is 0 Å². The van der Waals surface area contributed by atoms with Crippen LogP contribution >= 0.6 is 0 Å². The van der Waals surface area contributed by atoms with E-state index < -0.39 is 18.1 Å². The Morgan fingerprint density at radius 1 is 1.03 bits per heavy atom. The smallest absolute Gasteiger partial charge is 0.410 e. The van der Waals surface area contributed by atoms with E-state index in [-0.39, 0.29) is 23.9 Å². The first kappa shape index (κ1) is 20.5. The SMILES string of the molecule is CC(C)(C)[C@@H]1CCN(C(=O)OCC2c3ccccc3-c3ccccc32)[C@H](C(=O)O)C1. The number of carbonyl (C=O) groups is 2. The van der Waals surface area contributed by atoms with Crippen molar-refractivity contribution in [2.45, 2.75) is 45.6 Å². The lowest BCUT2D eigenvalue weighted by molar-refractivity contribution is -0.145. The Labute approximate surface area is 177 Å². The van der Waals surface area contributed by atoms with E-state index in [4.69, 9.17) is 4.74 Å². The molecule has 0 spiro atoms. The summed E-state index contributed by atoms with van der Waals surface area (Å²) in [4.78, 5) is 26.2. The second kappa shape index (κ2) is 7.78. The van der Waals surface area contributed by atoms with Crippen LogP contribution in [0.1, 0.15) is 50.7 Å². The Morgan fingerprint density at radius 3 is 2.13 bits per heavy atom. The Hall–Kier alpha value is -2.82. The summed E-state index contributed by atoms with van der Waals surface area (Å²) in [6.07, 6.45) is 0.720. The molecular weight excluding hydrogens is 378 g/mol. The second-order valence-corrected chi connectivity index (χ2v) is 9.44. The van der Waals surface area contributed by atoms with Gasteiger partial charge in [-0.2, -0.15) is 0 Å². The molecule has 2 aromatic carbocycles. The lowest BCUT2D eigenvalue weighted by Gasteiger charge is -2.41. The largest absolute Gasteiger partial charge is 0.480 e. The second-order valence-electron chi connectivity index (χ2n) is 9.44. The molecule has 30 heavy (non-hydrogen) atoms. The molecule has 0 bridgehead atoms. The van der Waals surface area contributed by atoms with E-state index in [0.717, 1.165) is 17.5 Å². The zero-order valence-electron chi connectivity index (χ0n) is 17.8. The number of ether oxygens (including phenoxy) is 1. The maximum Gasteiger partial charge on any atom is 0.410 e. The number of rotatable bonds is 3. The fraction of sp³-hybridized carbons (Fsp3) is 0.440. The van der Waals surface area contributed by atoms with E-state index >= 15 is 0 Å². The fourth-order valence-corrected chi connectivity index (χ4v) is 4.88. The Balaban J connectivity index is 1.49. The topological polar surface area (TPSA) is 66.8 Å². The van der Waals surface area contributed by atoms with Crippen molar-refractivity contribution in [2.75, 3.05) is 13.2 Å². The van der Waals surface area contributed by atoms with Crippen molar-refractivity contribution in [2.24, 2.45) is 11.3 Å². The van der Waals surface area contributed by atoms with Crippen LogP contribution in [0.3, 0.4) is 0 Å². The van der Waals surface area contributed by atoms with Crippen LogP contribution in [0.5, 0.6) is 0 Å². The summed E-state index contributed by atoms with van der Waals surface area (Å²) >= 11 is 0. The number of nitrogens with zero attached hydrogens (tertiary/aromatic N) is 1. The highest BCUT2D eigenvalue weighted by Crippen LogP contribution is 2.44. The van der Waals surface area contributed by atoms with Gasteiger partial charge in [-0.1, -0.05) is 69.3 Å². The Bertz CT molecular complexity index is 916. The quantitative estimate of drug-likeness (QED) is 0.764. The number of hydrogen-bond acceptors (Lipinski definition) is 3. The predicted octanol–water partition coefficient (Wildman–Crippen LogP) is 5.15. The molecular formula is C25H29NO4. The van der Waals surface area contributed by atoms with Gasteiger partial charge in [0.25, 0.3) is 0 Å². The molecule has 1 amide bonds. The van der Waals surface area contributed by atoms with E-state index in [1.807, 2.05) is 24.3 Å². The summed E-state index contributed by atoms with van der Waals surface area (Å²) in [7, 11) is 0. The van der Waals surface area contributed by atoms with Gasteiger partial charge in [0.2, 0.25) is 0 Å². The van der Waals surface area contributed by atoms with Crippen LogP contribution in [0.25, 0.3) is 11.1 Å². The summed E-state index contributed by atoms with van der Waals surface area (Å²) in [5.41, 5.74) is 4.65. The predicted molar refractivity (Wildman–Crippen MR) is 115 cm³/mol. The van der Waals surface area contributed by atoms with E-state index in [1.54, 1.807) is 0 Å². The van der Waals surface area contributed by atoms with Gasteiger partial charge < -0.3 is 9.84 Å². The van der Waals surface area contributed by atoms with Crippen LogP contribution in [-0.2, 0) is 9.53 Å². The first-order valence-electron chi connectivity index (χ1n) is 10.6. The van der Waals surface area contributed by atoms with Gasteiger partial charge in [0, 0.05) is 12.5 Å². The van der Waals surface area contributed by atoms with Crippen LogP contribution in [0.15, 0.2) is 48.5 Å². The van der Waals surface area contributed by atoms with Crippen molar-refractivity contribution in [3.63, 3.8) is 0 Å². The lowest BCUT2D eigenvalue weighted by Crippen LogP contribution is -2.52. The van der Waals surface area contributed by atoms with Crippen molar-refractivity contribution in [1.82, 2.24) is 4.90 Å². The first-order valence-corrected chi connectivity index (χ1v) is 10.6. The molecule has 0 unspecified atom stereocenters. The molecule has 1 fully saturated rings. The molecule has 5 nitrogen and oxygen atoms in total.